The number of nitrogens with zero attached hydrogens (tertiary/aromatic N) is 3. The Morgan fingerprint density at radius 1 is 0.968 bits per heavy atom. The molecule has 0 radical (unpaired) electrons. The number of carbonyl (C=O) groups excluding carboxylic acids is 1. The average Bonchev–Trinajstić information content (AvgIpc) is 2.82. The number of anilines is 1. The van der Waals surface area contributed by atoms with Crippen LogP contribution < -0.4 is 14.4 Å². The summed E-state index contributed by atoms with van der Waals surface area (Å²) in [4.78, 5) is 27.3. The van der Waals surface area contributed by atoms with Gasteiger partial charge < -0.3 is 19.3 Å². The molecule has 8 nitrogen and oxygen atoms in total. The van der Waals surface area contributed by atoms with Gasteiger partial charge in [-0.3, -0.25) is 14.9 Å². The van der Waals surface area contributed by atoms with Crippen molar-refractivity contribution in [2.24, 2.45) is 0 Å². The molecule has 1 amide bonds. The summed E-state index contributed by atoms with van der Waals surface area (Å²) in [5, 5.41) is 13.6. The lowest BCUT2D eigenvalue weighted by molar-refractivity contribution is -0.384. The van der Waals surface area contributed by atoms with Crippen molar-refractivity contribution >= 4 is 28.1 Å². The Morgan fingerprint density at radius 2 is 1.68 bits per heavy atom. The van der Waals surface area contributed by atoms with Gasteiger partial charge in [-0.15, -0.1) is 0 Å². The largest absolute Gasteiger partial charge is 0.496 e. The van der Waals surface area contributed by atoms with Crippen molar-refractivity contribution in [2.75, 3.05) is 44.8 Å². The number of nitro groups is 1. The highest BCUT2D eigenvalue weighted by Gasteiger charge is 2.26. The number of rotatable bonds is 6. The third-order valence-electron chi connectivity index (χ3n) is 5.44. The summed E-state index contributed by atoms with van der Waals surface area (Å²) in [6, 6.07) is 18.5. The SMILES string of the molecule is COc1ccc(N2CCN(C(=O)COc3ccc4ccccc4c3)CC2)c([N+](=O)[O-])c1. The van der Waals surface area contributed by atoms with Gasteiger partial charge in [0.15, 0.2) is 6.61 Å². The minimum Gasteiger partial charge on any atom is -0.496 e. The van der Waals surface area contributed by atoms with Gasteiger partial charge in [0, 0.05) is 26.2 Å². The lowest BCUT2D eigenvalue weighted by atomic mass is 10.1. The lowest BCUT2D eigenvalue weighted by Gasteiger charge is -2.35. The van der Waals surface area contributed by atoms with E-state index in [1.54, 1.807) is 17.0 Å². The first-order valence-electron chi connectivity index (χ1n) is 10.0. The van der Waals surface area contributed by atoms with Crippen molar-refractivity contribution in [3.8, 4) is 11.5 Å². The van der Waals surface area contributed by atoms with Crippen molar-refractivity contribution in [1.82, 2.24) is 4.90 Å². The van der Waals surface area contributed by atoms with Crippen molar-refractivity contribution in [1.29, 1.82) is 0 Å². The number of benzene rings is 3. The molecule has 8 heteroatoms. The predicted molar refractivity (Wildman–Crippen MR) is 118 cm³/mol. The van der Waals surface area contributed by atoms with Crippen LogP contribution in [0.4, 0.5) is 11.4 Å². The maximum atomic E-state index is 12.6. The normalized spacial score (nSPS) is 13.8. The minimum atomic E-state index is -0.410. The van der Waals surface area contributed by atoms with E-state index in [0.29, 0.717) is 43.4 Å². The number of nitro benzene ring substituents is 1. The van der Waals surface area contributed by atoms with Gasteiger partial charge in [-0.25, -0.2) is 0 Å². The molecule has 160 valence electrons. The second-order valence-corrected chi connectivity index (χ2v) is 7.28. The van der Waals surface area contributed by atoms with Gasteiger partial charge >= 0.3 is 0 Å². The monoisotopic (exact) mass is 421 g/mol. The van der Waals surface area contributed by atoms with Crippen LogP contribution in [0.2, 0.25) is 0 Å². The van der Waals surface area contributed by atoms with Gasteiger partial charge in [-0.2, -0.15) is 0 Å². The molecule has 31 heavy (non-hydrogen) atoms. The Bertz CT molecular complexity index is 1110. The van der Waals surface area contributed by atoms with Crippen LogP contribution >= 0.6 is 0 Å². The van der Waals surface area contributed by atoms with Gasteiger partial charge in [0.2, 0.25) is 0 Å². The minimum absolute atomic E-state index is 0.00114. The zero-order chi connectivity index (χ0) is 21.8. The molecule has 0 N–H and O–H groups in total. The molecule has 0 aliphatic carbocycles. The molecule has 0 unspecified atom stereocenters. The molecule has 1 aliphatic heterocycles. The number of carbonyl (C=O) groups is 1. The first-order valence-corrected chi connectivity index (χ1v) is 10.0. The van der Waals surface area contributed by atoms with E-state index in [1.807, 2.05) is 47.4 Å². The Balaban J connectivity index is 1.35. The number of ether oxygens (including phenoxy) is 2. The van der Waals surface area contributed by atoms with Crippen LogP contribution in [0, 0.1) is 10.1 Å². The van der Waals surface area contributed by atoms with E-state index in [9.17, 15) is 14.9 Å². The van der Waals surface area contributed by atoms with Gasteiger partial charge in [0.05, 0.1) is 18.1 Å². The molecule has 1 heterocycles. The summed E-state index contributed by atoms with van der Waals surface area (Å²) in [5.41, 5.74) is 0.532. The molecule has 0 saturated carbocycles. The number of methoxy groups -OCH3 is 1. The van der Waals surface area contributed by atoms with Gasteiger partial charge in [-0.1, -0.05) is 30.3 Å². The Kier molecular flexibility index (Phi) is 5.88. The highest BCUT2D eigenvalue weighted by molar-refractivity contribution is 5.84. The number of amides is 1. The molecule has 0 spiro atoms. The smallest absolute Gasteiger partial charge is 0.296 e. The van der Waals surface area contributed by atoms with Crippen molar-refractivity contribution in [3.63, 3.8) is 0 Å². The molecular formula is C23H23N3O5. The quantitative estimate of drug-likeness (QED) is 0.447. The summed E-state index contributed by atoms with van der Waals surface area (Å²) >= 11 is 0. The second kappa shape index (κ2) is 8.91. The fourth-order valence-electron chi connectivity index (χ4n) is 3.73. The summed E-state index contributed by atoms with van der Waals surface area (Å²) in [6.45, 7) is 1.93. The highest BCUT2D eigenvalue weighted by atomic mass is 16.6. The van der Waals surface area contributed by atoms with E-state index in [0.717, 1.165) is 10.8 Å². The highest BCUT2D eigenvalue weighted by Crippen LogP contribution is 2.32. The van der Waals surface area contributed by atoms with E-state index < -0.39 is 4.92 Å². The first kappa shape index (κ1) is 20.5. The third kappa shape index (κ3) is 4.53. The number of hydrogen-bond donors (Lipinski definition) is 0. The predicted octanol–water partition coefficient (Wildman–Crippen LogP) is 3.48. The molecule has 3 aromatic rings. The molecule has 1 saturated heterocycles. The molecule has 1 fully saturated rings. The molecule has 0 atom stereocenters. The van der Waals surface area contributed by atoms with Crippen molar-refractivity contribution in [3.05, 3.63) is 70.8 Å². The zero-order valence-electron chi connectivity index (χ0n) is 17.2. The van der Waals surface area contributed by atoms with Crippen LogP contribution in [0.1, 0.15) is 0 Å². The van der Waals surface area contributed by atoms with E-state index in [-0.39, 0.29) is 18.2 Å². The summed E-state index contributed by atoms with van der Waals surface area (Å²) in [5.74, 6) is 0.992. The zero-order valence-corrected chi connectivity index (χ0v) is 17.2. The maximum Gasteiger partial charge on any atom is 0.296 e. The van der Waals surface area contributed by atoms with Crippen LogP contribution in [0.15, 0.2) is 60.7 Å². The number of piperazine rings is 1. The number of hydrogen-bond acceptors (Lipinski definition) is 6. The summed E-state index contributed by atoms with van der Waals surface area (Å²) < 4.78 is 10.8. The lowest BCUT2D eigenvalue weighted by Crippen LogP contribution is -2.50. The molecule has 0 aromatic heterocycles. The van der Waals surface area contributed by atoms with E-state index in [1.165, 1.54) is 13.2 Å². The van der Waals surface area contributed by atoms with E-state index in [2.05, 4.69) is 0 Å². The first-order chi connectivity index (χ1) is 15.0. The Morgan fingerprint density at radius 3 is 2.39 bits per heavy atom. The molecule has 0 bridgehead atoms. The maximum absolute atomic E-state index is 12.6. The Hall–Kier alpha value is -3.81. The van der Waals surface area contributed by atoms with Gasteiger partial charge in [-0.05, 0) is 35.0 Å². The van der Waals surface area contributed by atoms with Crippen LogP contribution in [-0.2, 0) is 4.79 Å². The molecular weight excluding hydrogens is 398 g/mol. The van der Waals surface area contributed by atoms with E-state index >= 15 is 0 Å². The average molecular weight is 421 g/mol. The number of fused-ring (bicyclic) bond motifs is 1. The third-order valence-corrected chi connectivity index (χ3v) is 5.44. The summed E-state index contributed by atoms with van der Waals surface area (Å²) in [7, 11) is 1.48. The van der Waals surface area contributed by atoms with Crippen molar-refractivity contribution < 1.29 is 19.2 Å². The van der Waals surface area contributed by atoms with Crippen molar-refractivity contribution in [2.45, 2.75) is 0 Å². The van der Waals surface area contributed by atoms with Gasteiger partial charge in [0.1, 0.15) is 17.2 Å². The topological polar surface area (TPSA) is 85.2 Å². The van der Waals surface area contributed by atoms with Crippen LogP contribution in [0.5, 0.6) is 11.5 Å². The Labute approximate surface area is 179 Å². The van der Waals surface area contributed by atoms with Gasteiger partial charge in [0.25, 0.3) is 11.6 Å². The van der Waals surface area contributed by atoms with Crippen LogP contribution in [-0.4, -0.2) is 55.6 Å². The molecule has 3 aromatic carbocycles. The second-order valence-electron chi connectivity index (χ2n) is 7.28. The summed E-state index contributed by atoms with van der Waals surface area (Å²) in [6.07, 6.45) is 0. The van der Waals surface area contributed by atoms with Crippen LogP contribution in [0.25, 0.3) is 10.8 Å². The standard InChI is InChI=1S/C23H23N3O5/c1-30-19-8-9-21(22(15-19)26(28)29)24-10-12-25(13-11-24)23(27)16-31-20-7-6-17-4-2-3-5-18(17)14-20/h2-9,14-15H,10-13,16H2,1H3. The van der Waals surface area contributed by atoms with Crippen LogP contribution in [0.3, 0.4) is 0 Å². The molecule has 4 rings (SSSR count). The van der Waals surface area contributed by atoms with E-state index in [4.69, 9.17) is 9.47 Å². The molecule has 1 aliphatic rings. The fraction of sp³-hybridized carbons (Fsp3) is 0.261. The fourth-order valence-corrected chi connectivity index (χ4v) is 3.73.